The number of nitrogens with zero attached hydrogens (tertiary/aromatic N) is 5. The summed E-state index contributed by atoms with van der Waals surface area (Å²) in [6, 6.07) is 16.7. The Morgan fingerprint density at radius 2 is 1.50 bits per heavy atom. The molecule has 2 saturated heterocycles. The van der Waals surface area contributed by atoms with Crippen molar-refractivity contribution in [1.82, 2.24) is 19.6 Å². The zero-order valence-electron chi connectivity index (χ0n) is 24.4. The summed E-state index contributed by atoms with van der Waals surface area (Å²) < 4.78 is 7.56. The van der Waals surface area contributed by atoms with Crippen molar-refractivity contribution in [1.29, 1.82) is 0 Å². The number of carbonyl (C=O) groups is 2. The lowest BCUT2D eigenvalue weighted by atomic mass is 9.90. The Bertz CT molecular complexity index is 1340. The second-order valence-electron chi connectivity index (χ2n) is 12.0. The first kappa shape index (κ1) is 27.7. The lowest BCUT2D eigenvalue weighted by Gasteiger charge is -2.37. The molecule has 2 amide bonds. The van der Waals surface area contributed by atoms with Gasteiger partial charge in [-0.15, -0.1) is 0 Å². The molecule has 212 valence electrons. The second-order valence-corrected chi connectivity index (χ2v) is 12.0. The van der Waals surface area contributed by atoms with E-state index in [1.165, 1.54) is 16.8 Å². The van der Waals surface area contributed by atoms with E-state index in [9.17, 15) is 9.59 Å². The van der Waals surface area contributed by atoms with Crippen LogP contribution in [-0.4, -0.2) is 76.5 Å². The molecule has 0 atom stereocenters. The van der Waals surface area contributed by atoms with Crippen LogP contribution in [-0.2, 0) is 4.74 Å². The molecule has 8 nitrogen and oxygen atoms in total. The van der Waals surface area contributed by atoms with Gasteiger partial charge in [-0.2, -0.15) is 5.10 Å². The number of carbonyl (C=O) groups excluding carboxylic acids is 2. The summed E-state index contributed by atoms with van der Waals surface area (Å²) in [5.74, 6) is 0.139. The van der Waals surface area contributed by atoms with E-state index in [0.29, 0.717) is 31.7 Å². The summed E-state index contributed by atoms with van der Waals surface area (Å²) in [5.41, 5.74) is 5.64. The molecule has 0 bridgehead atoms. The zero-order chi connectivity index (χ0) is 28.4. The van der Waals surface area contributed by atoms with Gasteiger partial charge in [0, 0.05) is 50.9 Å². The van der Waals surface area contributed by atoms with Gasteiger partial charge in [0.2, 0.25) is 0 Å². The molecule has 0 saturated carbocycles. The van der Waals surface area contributed by atoms with Crippen molar-refractivity contribution in [2.24, 2.45) is 0 Å². The Labute approximate surface area is 237 Å². The Hall–Kier alpha value is -3.81. The van der Waals surface area contributed by atoms with Crippen LogP contribution in [0.15, 0.2) is 54.7 Å². The maximum absolute atomic E-state index is 14.0. The van der Waals surface area contributed by atoms with Crippen LogP contribution in [0.3, 0.4) is 0 Å². The minimum atomic E-state index is -0.528. The molecule has 0 aliphatic carbocycles. The third-order valence-electron chi connectivity index (χ3n) is 7.99. The maximum atomic E-state index is 14.0. The Kier molecular flexibility index (Phi) is 7.88. The third-order valence-corrected chi connectivity index (χ3v) is 7.99. The molecular formula is C32H41N5O3. The topological polar surface area (TPSA) is 70.9 Å². The minimum absolute atomic E-state index is 0.0346. The first-order valence-electron chi connectivity index (χ1n) is 14.3. The van der Waals surface area contributed by atoms with Crippen molar-refractivity contribution in [3.8, 4) is 5.69 Å². The van der Waals surface area contributed by atoms with Gasteiger partial charge < -0.3 is 19.4 Å². The summed E-state index contributed by atoms with van der Waals surface area (Å²) >= 11 is 0. The number of rotatable bonds is 4. The second kappa shape index (κ2) is 11.4. The van der Waals surface area contributed by atoms with Crippen LogP contribution in [0.5, 0.6) is 0 Å². The largest absolute Gasteiger partial charge is 0.444 e. The number of hydrogen-bond acceptors (Lipinski definition) is 5. The molecule has 5 rings (SSSR count). The van der Waals surface area contributed by atoms with E-state index in [1.807, 2.05) is 36.4 Å². The van der Waals surface area contributed by atoms with E-state index in [0.717, 1.165) is 37.3 Å². The van der Waals surface area contributed by atoms with Gasteiger partial charge in [0.1, 0.15) is 5.60 Å². The highest BCUT2D eigenvalue weighted by atomic mass is 16.6. The SMILES string of the molecule is Cc1ccc(-n2ncc(C(=O)N3CCN(c4ccccc4)CC3)c2C2CCN(C(=O)OC(C)(C)C)CC2)cc1C. The summed E-state index contributed by atoms with van der Waals surface area (Å²) in [6.45, 7) is 13.9. The van der Waals surface area contributed by atoms with Gasteiger partial charge in [-0.3, -0.25) is 4.79 Å². The number of amides is 2. The normalized spacial score (nSPS) is 16.8. The first-order valence-corrected chi connectivity index (χ1v) is 14.3. The van der Waals surface area contributed by atoms with Gasteiger partial charge >= 0.3 is 6.09 Å². The summed E-state index contributed by atoms with van der Waals surface area (Å²) in [6.07, 6.45) is 2.97. The van der Waals surface area contributed by atoms with Gasteiger partial charge in [-0.05, 0) is 82.9 Å². The standard InChI is InChI=1S/C32H41N5O3/c1-23-11-12-27(21-24(23)2)37-29(25-13-15-36(16-14-25)31(39)40-32(3,4)5)28(22-33-37)30(38)35-19-17-34(18-20-35)26-9-7-6-8-10-26/h6-12,21-22,25H,13-20H2,1-5H3. The molecule has 0 unspecified atom stereocenters. The Balaban J connectivity index is 1.38. The van der Waals surface area contributed by atoms with Crippen molar-refractivity contribution in [3.05, 3.63) is 77.1 Å². The summed E-state index contributed by atoms with van der Waals surface area (Å²) in [4.78, 5) is 32.7. The van der Waals surface area contributed by atoms with E-state index in [4.69, 9.17) is 9.84 Å². The van der Waals surface area contributed by atoms with Crippen LogP contribution in [0.2, 0.25) is 0 Å². The number of para-hydroxylation sites is 1. The molecule has 2 aromatic carbocycles. The van der Waals surface area contributed by atoms with Gasteiger partial charge in [0.25, 0.3) is 5.91 Å². The highest BCUT2D eigenvalue weighted by Gasteiger charge is 2.34. The van der Waals surface area contributed by atoms with Gasteiger partial charge in [-0.25, -0.2) is 9.48 Å². The van der Waals surface area contributed by atoms with Crippen LogP contribution in [0.1, 0.15) is 66.7 Å². The average Bonchev–Trinajstić information content (AvgIpc) is 3.39. The number of likely N-dealkylation sites (tertiary alicyclic amines) is 1. The van der Waals surface area contributed by atoms with Crippen LogP contribution in [0.25, 0.3) is 5.69 Å². The smallest absolute Gasteiger partial charge is 0.410 e. The third kappa shape index (κ3) is 6.01. The first-order chi connectivity index (χ1) is 19.1. The van der Waals surface area contributed by atoms with E-state index in [1.54, 1.807) is 11.1 Å². The van der Waals surface area contributed by atoms with Crippen LogP contribution >= 0.6 is 0 Å². The summed E-state index contributed by atoms with van der Waals surface area (Å²) in [5, 5.41) is 4.77. The number of benzene rings is 2. The van der Waals surface area contributed by atoms with Crippen LogP contribution in [0, 0.1) is 13.8 Å². The highest BCUT2D eigenvalue weighted by Crippen LogP contribution is 2.34. The maximum Gasteiger partial charge on any atom is 0.410 e. The van der Waals surface area contributed by atoms with E-state index in [-0.39, 0.29) is 17.9 Å². The van der Waals surface area contributed by atoms with Crippen molar-refractivity contribution in [2.45, 2.75) is 59.0 Å². The van der Waals surface area contributed by atoms with Crippen molar-refractivity contribution in [3.63, 3.8) is 0 Å². The highest BCUT2D eigenvalue weighted by molar-refractivity contribution is 5.95. The van der Waals surface area contributed by atoms with Crippen molar-refractivity contribution >= 4 is 17.7 Å². The van der Waals surface area contributed by atoms with Crippen molar-refractivity contribution < 1.29 is 14.3 Å². The van der Waals surface area contributed by atoms with E-state index < -0.39 is 5.60 Å². The fraction of sp³-hybridized carbons (Fsp3) is 0.469. The van der Waals surface area contributed by atoms with Gasteiger partial charge in [0.15, 0.2) is 0 Å². The minimum Gasteiger partial charge on any atom is -0.444 e. The van der Waals surface area contributed by atoms with E-state index in [2.05, 4.69) is 61.2 Å². The number of piperazine rings is 1. The number of hydrogen-bond donors (Lipinski definition) is 0. The van der Waals surface area contributed by atoms with Crippen LogP contribution < -0.4 is 4.90 Å². The molecule has 2 aliphatic rings. The molecule has 0 N–H and O–H groups in total. The van der Waals surface area contributed by atoms with Gasteiger partial charge in [0.05, 0.1) is 23.1 Å². The monoisotopic (exact) mass is 543 g/mol. The predicted molar refractivity (Wildman–Crippen MR) is 157 cm³/mol. The van der Waals surface area contributed by atoms with Gasteiger partial charge in [-0.1, -0.05) is 24.3 Å². The number of anilines is 1. The Morgan fingerprint density at radius 3 is 2.12 bits per heavy atom. The lowest BCUT2D eigenvalue weighted by molar-refractivity contribution is 0.0203. The number of ether oxygens (including phenoxy) is 1. The molecule has 0 radical (unpaired) electrons. The van der Waals surface area contributed by atoms with Crippen molar-refractivity contribution in [2.75, 3.05) is 44.2 Å². The molecule has 8 heteroatoms. The number of aromatic nitrogens is 2. The lowest BCUT2D eigenvalue weighted by Crippen LogP contribution is -2.49. The Morgan fingerprint density at radius 1 is 0.825 bits per heavy atom. The molecule has 3 heterocycles. The molecule has 2 fully saturated rings. The van der Waals surface area contributed by atoms with Crippen LogP contribution in [0.4, 0.5) is 10.5 Å². The average molecular weight is 544 g/mol. The molecule has 1 aromatic heterocycles. The summed E-state index contributed by atoms with van der Waals surface area (Å²) in [7, 11) is 0. The molecule has 2 aliphatic heterocycles. The molecular weight excluding hydrogens is 502 g/mol. The molecule has 40 heavy (non-hydrogen) atoms. The predicted octanol–water partition coefficient (Wildman–Crippen LogP) is 5.57. The number of piperidine rings is 1. The fourth-order valence-electron chi connectivity index (χ4n) is 5.62. The quantitative estimate of drug-likeness (QED) is 0.431. The molecule has 3 aromatic rings. The fourth-order valence-corrected chi connectivity index (χ4v) is 5.62. The molecule has 0 spiro atoms. The zero-order valence-corrected chi connectivity index (χ0v) is 24.4. The van der Waals surface area contributed by atoms with E-state index >= 15 is 0 Å². The number of aryl methyl sites for hydroxylation is 2.